The Morgan fingerprint density at radius 2 is 1.86 bits per heavy atom. The Balaban J connectivity index is 2.14. The highest BCUT2D eigenvalue weighted by Crippen LogP contribution is 2.29. The molecule has 0 saturated heterocycles. The fourth-order valence-electron chi connectivity index (χ4n) is 2.20. The van der Waals surface area contributed by atoms with Gasteiger partial charge in [-0.2, -0.15) is 5.10 Å². The SMILES string of the molecule is [C-]#[N+]c1ccc(-c2cc(Br)nn2-c2ccc(C)cc2)cc1F. The third-order valence-corrected chi connectivity index (χ3v) is 3.71. The summed E-state index contributed by atoms with van der Waals surface area (Å²) in [5, 5.41) is 4.41. The zero-order valence-corrected chi connectivity index (χ0v) is 13.3. The number of hydrogen-bond donors (Lipinski definition) is 0. The van der Waals surface area contributed by atoms with Gasteiger partial charge in [0.2, 0.25) is 5.69 Å². The van der Waals surface area contributed by atoms with Gasteiger partial charge in [-0.25, -0.2) is 13.9 Å². The van der Waals surface area contributed by atoms with E-state index in [2.05, 4.69) is 25.9 Å². The molecule has 5 heteroatoms. The second-order valence-electron chi connectivity index (χ2n) is 4.88. The van der Waals surface area contributed by atoms with Crippen LogP contribution in [0.1, 0.15) is 5.56 Å². The Kier molecular flexibility index (Phi) is 3.78. The molecule has 0 aliphatic rings. The molecular weight excluding hydrogens is 345 g/mol. The predicted molar refractivity (Wildman–Crippen MR) is 87.7 cm³/mol. The highest BCUT2D eigenvalue weighted by atomic mass is 79.9. The van der Waals surface area contributed by atoms with Gasteiger partial charge in [0.25, 0.3) is 0 Å². The largest absolute Gasteiger partial charge is 0.235 e. The van der Waals surface area contributed by atoms with E-state index in [0.717, 1.165) is 16.9 Å². The van der Waals surface area contributed by atoms with Crippen molar-refractivity contribution in [2.45, 2.75) is 6.92 Å². The minimum Gasteiger partial charge on any atom is -0.235 e. The van der Waals surface area contributed by atoms with E-state index in [1.807, 2.05) is 37.3 Å². The normalized spacial score (nSPS) is 10.5. The first kappa shape index (κ1) is 14.5. The van der Waals surface area contributed by atoms with Gasteiger partial charge >= 0.3 is 0 Å². The first-order valence-corrected chi connectivity index (χ1v) is 7.38. The number of rotatable bonds is 2. The molecule has 0 bridgehead atoms. The zero-order chi connectivity index (χ0) is 15.7. The van der Waals surface area contributed by atoms with E-state index in [4.69, 9.17) is 6.57 Å². The van der Waals surface area contributed by atoms with Crippen LogP contribution >= 0.6 is 15.9 Å². The molecule has 3 rings (SSSR count). The molecule has 0 amide bonds. The molecule has 0 radical (unpaired) electrons. The molecule has 0 aliphatic heterocycles. The molecule has 0 unspecified atom stereocenters. The number of benzene rings is 2. The first-order valence-electron chi connectivity index (χ1n) is 6.58. The van der Waals surface area contributed by atoms with Gasteiger partial charge in [-0.3, -0.25) is 0 Å². The number of aryl methyl sites for hydroxylation is 1. The monoisotopic (exact) mass is 355 g/mol. The maximum atomic E-state index is 13.9. The van der Waals surface area contributed by atoms with Gasteiger partial charge in [0, 0.05) is 5.56 Å². The second-order valence-corrected chi connectivity index (χ2v) is 5.69. The highest BCUT2D eigenvalue weighted by Gasteiger charge is 2.12. The van der Waals surface area contributed by atoms with Crippen molar-refractivity contribution in [3.05, 3.63) is 75.9 Å². The summed E-state index contributed by atoms with van der Waals surface area (Å²) in [6.07, 6.45) is 0. The quantitative estimate of drug-likeness (QED) is 0.571. The molecule has 22 heavy (non-hydrogen) atoms. The van der Waals surface area contributed by atoms with Crippen LogP contribution in [0.2, 0.25) is 0 Å². The minimum atomic E-state index is -0.528. The lowest BCUT2D eigenvalue weighted by molar-refractivity contribution is 0.634. The summed E-state index contributed by atoms with van der Waals surface area (Å²) in [5.41, 5.74) is 3.49. The van der Waals surface area contributed by atoms with Gasteiger partial charge in [0.1, 0.15) is 10.4 Å². The van der Waals surface area contributed by atoms with Gasteiger partial charge in [-0.1, -0.05) is 29.8 Å². The molecule has 0 aliphatic carbocycles. The molecule has 0 fully saturated rings. The summed E-state index contributed by atoms with van der Waals surface area (Å²) in [4.78, 5) is 3.14. The molecule has 0 N–H and O–H groups in total. The number of aromatic nitrogens is 2. The summed E-state index contributed by atoms with van der Waals surface area (Å²) < 4.78 is 16.3. The third kappa shape index (κ3) is 2.66. The van der Waals surface area contributed by atoms with E-state index in [1.165, 1.54) is 12.1 Å². The lowest BCUT2D eigenvalue weighted by Crippen LogP contribution is -1.99. The van der Waals surface area contributed by atoms with Gasteiger partial charge in [-0.05, 0) is 47.1 Å². The van der Waals surface area contributed by atoms with E-state index in [1.54, 1.807) is 10.7 Å². The molecule has 0 atom stereocenters. The third-order valence-electron chi connectivity index (χ3n) is 3.32. The van der Waals surface area contributed by atoms with Crippen molar-refractivity contribution in [3.8, 4) is 16.9 Å². The van der Waals surface area contributed by atoms with E-state index in [9.17, 15) is 4.39 Å². The van der Waals surface area contributed by atoms with Gasteiger partial charge in [-0.15, -0.1) is 0 Å². The summed E-state index contributed by atoms with van der Waals surface area (Å²) in [7, 11) is 0. The van der Waals surface area contributed by atoms with E-state index < -0.39 is 5.82 Å². The molecule has 108 valence electrons. The van der Waals surface area contributed by atoms with E-state index in [-0.39, 0.29) is 5.69 Å². The molecule has 0 saturated carbocycles. The summed E-state index contributed by atoms with van der Waals surface area (Å²) in [6.45, 7) is 8.94. The Bertz CT molecular complexity index is 876. The Labute approximate surface area is 136 Å². The Hall–Kier alpha value is -2.45. The second kappa shape index (κ2) is 5.74. The van der Waals surface area contributed by atoms with Crippen molar-refractivity contribution >= 4 is 21.6 Å². The maximum Gasteiger partial charge on any atom is 0.222 e. The zero-order valence-electron chi connectivity index (χ0n) is 11.7. The van der Waals surface area contributed by atoms with Crippen LogP contribution in [0, 0.1) is 19.3 Å². The average molecular weight is 356 g/mol. The van der Waals surface area contributed by atoms with Crippen molar-refractivity contribution in [1.29, 1.82) is 0 Å². The Morgan fingerprint density at radius 3 is 2.50 bits per heavy atom. The van der Waals surface area contributed by atoms with Gasteiger partial charge in [0.05, 0.1) is 18.0 Å². The van der Waals surface area contributed by atoms with E-state index in [0.29, 0.717) is 10.2 Å². The van der Waals surface area contributed by atoms with Gasteiger partial charge in [0.15, 0.2) is 0 Å². The average Bonchev–Trinajstić information content (AvgIpc) is 2.90. The van der Waals surface area contributed by atoms with Crippen LogP contribution in [0.15, 0.2) is 53.1 Å². The summed E-state index contributed by atoms with van der Waals surface area (Å²) >= 11 is 3.36. The number of hydrogen-bond acceptors (Lipinski definition) is 1. The Morgan fingerprint density at radius 1 is 1.14 bits per heavy atom. The van der Waals surface area contributed by atoms with Crippen molar-refractivity contribution < 1.29 is 4.39 Å². The lowest BCUT2D eigenvalue weighted by Gasteiger charge is -2.08. The van der Waals surface area contributed by atoms with Crippen LogP contribution in [0.3, 0.4) is 0 Å². The molecule has 2 aromatic carbocycles. The van der Waals surface area contributed by atoms with Crippen LogP contribution in [0.25, 0.3) is 21.8 Å². The number of nitrogens with zero attached hydrogens (tertiary/aromatic N) is 3. The fraction of sp³-hybridized carbons (Fsp3) is 0.0588. The smallest absolute Gasteiger partial charge is 0.222 e. The topological polar surface area (TPSA) is 22.2 Å². The van der Waals surface area contributed by atoms with Crippen LogP contribution < -0.4 is 0 Å². The van der Waals surface area contributed by atoms with E-state index >= 15 is 0 Å². The summed E-state index contributed by atoms with van der Waals surface area (Å²) in [5.74, 6) is -0.528. The molecule has 1 heterocycles. The van der Waals surface area contributed by atoms with Crippen molar-refractivity contribution in [3.63, 3.8) is 0 Å². The van der Waals surface area contributed by atoms with Crippen molar-refractivity contribution in [2.75, 3.05) is 0 Å². The van der Waals surface area contributed by atoms with Crippen molar-refractivity contribution in [1.82, 2.24) is 9.78 Å². The molecule has 0 spiro atoms. The lowest BCUT2D eigenvalue weighted by atomic mass is 10.1. The van der Waals surface area contributed by atoms with Crippen LogP contribution in [0.5, 0.6) is 0 Å². The van der Waals surface area contributed by atoms with Crippen LogP contribution in [0.4, 0.5) is 10.1 Å². The van der Waals surface area contributed by atoms with Gasteiger partial charge < -0.3 is 0 Å². The first-order chi connectivity index (χ1) is 10.6. The molecule has 3 nitrogen and oxygen atoms in total. The van der Waals surface area contributed by atoms with Crippen molar-refractivity contribution in [2.24, 2.45) is 0 Å². The predicted octanol–water partition coefficient (Wildman–Crippen LogP) is 5.30. The van der Waals surface area contributed by atoms with Crippen LogP contribution in [-0.2, 0) is 0 Å². The maximum absolute atomic E-state index is 13.9. The highest BCUT2D eigenvalue weighted by molar-refractivity contribution is 9.10. The molecule has 1 aromatic heterocycles. The standard InChI is InChI=1S/C17H11BrFN3/c1-11-3-6-13(7-4-11)22-16(10-17(18)21-22)12-5-8-15(20-2)14(19)9-12/h3-10H,1H3. The molecule has 3 aromatic rings. The molecular formula is C17H11BrFN3. The fourth-order valence-corrected chi connectivity index (χ4v) is 2.57. The van der Waals surface area contributed by atoms with Crippen LogP contribution in [-0.4, -0.2) is 9.78 Å². The minimum absolute atomic E-state index is 0.0178. The summed E-state index contributed by atoms with van der Waals surface area (Å²) in [6, 6.07) is 14.3. The number of halogens is 2.